The first-order chi connectivity index (χ1) is 15.4. The number of hydrogen-bond acceptors (Lipinski definition) is 8. The van der Waals surface area contributed by atoms with Crippen molar-refractivity contribution >= 4 is 17.8 Å². The first-order valence-electron chi connectivity index (χ1n) is 11.3. The summed E-state index contributed by atoms with van der Waals surface area (Å²) in [6.45, 7) is 4.61. The van der Waals surface area contributed by atoms with E-state index in [1.807, 2.05) is 0 Å². The monoisotopic (exact) mass is 452 g/mol. The van der Waals surface area contributed by atoms with Gasteiger partial charge in [-0.2, -0.15) is 0 Å². The van der Waals surface area contributed by atoms with Crippen LogP contribution in [0.2, 0.25) is 0 Å². The van der Waals surface area contributed by atoms with Crippen LogP contribution in [0.3, 0.4) is 0 Å². The molecule has 0 aliphatic carbocycles. The third-order valence-corrected chi connectivity index (χ3v) is 4.79. The second kappa shape index (κ2) is 15.9. The van der Waals surface area contributed by atoms with E-state index in [0.29, 0.717) is 6.42 Å². The molecule has 32 heavy (non-hydrogen) atoms. The summed E-state index contributed by atoms with van der Waals surface area (Å²) in [4.78, 5) is 41.2. The van der Waals surface area contributed by atoms with E-state index in [0.717, 1.165) is 44.9 Å². The SMILES string of the molecule is CCCCCCOC(=O)C[C@H](NC(=O)c1nccc(OC)c1O)C(=O)OCCCCCC. The Hall–Kier alpha value is -2.84. The Balaban J connectivity index is 2.77. The van der Waals surface area contributed by atoms with Crippen LogP contribution in [-0.2, 0) is 19.1 Å². The van der Waals surface area contributed by atoms with Crippen molar-refractivity contribution in [3.05, 3.63) is 18.0 Å². The number of unbranched alkanes of at least 4 members (excludes halogenated alkanes) is 6. The summed E-state index contributed by atoms with van der Waals surface area (Å²) in [6.07, 6.45) is 8.41. The molecule has 1 atom stereocenters. The molecule has 1 amide bonds. The zero-order chi connectivity index (χ0) is 23.8. The maximum atomic E-state index is 12.6. The number of carbonyl (C=O) groups is 3. The molecule has 1 heterocycles. The molecule has 0 spiro atoms. The molecular formula is C23H36N2O7. The molecule has 0 radical (unpaired) electrons. The first-order valence-corrected chi connectivity index (χ1v) is 11.3. The van der Waals surface area contributed by atoms with E-state index >= 15 is 0 Å². The highest BCUT2D eigenvalue weighted by molar-refractivity contribution is 5.98. The van der Waals surface area contributed by atoms with Crippen molar-refractivity contribution in [2.45, 2.75) is 77.7 Å². The van der Waals surface area contributed by atoms with Gasteiger partial charge < -0.3 is 24.6 Å². The maximum absolute atomic E-state index is 12.6. The van der Waals surface area contributed by atoms with Crippen molar-refractivity contribution in [1.29, 1.82) is 0 Å². The molecule has 1 aromatic heterocycles. The van der Waals surface area contributed by atoms with E-state index in [4.69, 9.17) is 14.2 Å². The Bertz CT molecular complexity index is 724. The predicted octanol–water partition coefficient (Wildman–Crippen LogP) is 3.53. The number of hydrogen-bond donors (Lipinski definition) is 2. The molecule has 0 aliphatic rings. The van der Waals surface area contributed by atoms with Crippen LogP contribution < -0.4 is 10.1 Å². The zero-order valence-corrected chi connectivity index (χ0v) is 19.4. The van der Waals surface area contributed by atoms with Crippen molar-refractivity contribution in [1.82, 2.24) is 10.3 Å². The molecule has 0 aromatic carbocycles. The number of aromatic hydroxyl groups is 1. The van der Waals surface area contributed by atoms with E-state index in [1.165, 1.54) is 19.4 Å². The van der Waals surface area contributed by atoms with E-state index in [1.54, 1.807) is 0 Å². The van der Waals surface area contributed by atoms with Gasteiger partial charge in [0.15, 0.2) is 17.2 Å². The molecule has 2 N–H and O–H groups in total. The number of esters is 2. The Labute approximate surface area is 189 Å². The van der Waals surface area contributed by atoms with Gasteiger partial charge in [-0.3, -0.25) is 9.59 Å². The van der Waals surface area contributed by atoms with Gasteiger partial charge in [-0.25, -0.2) is 9.78 Å². The fraction of sp³-hybridized carbons (Fsp3) is 0.652. The van der Waals surface area contributed by atoms with Crippen LogP contribution in [0.4, 0.5) is 0 Å². The molecule has 180 valence electrons. The van der Waals surface area contributed by atoms with Crippen LogP contribution in [-0.4, -0.2) is 54.3 Å². The average molecular weight is 453 g/mol. The topological polar surface area (TPSA) is 124 Å². The normalized spacial score (nSPS) is 11.5. The van der Waals surface area contributed by atoms with Crippen molar-refractivity contribution in [3.63, 3.8) is 0 Å². The Morgan fingerprint density at radius 2 is 1.62 bits per heavy atom. The number of carbonyl (C=O) groups excluding carboxylic acids is 3. The van der Waals surface area contributed by atoms with E-state index in [-0.39, 0.29) is 31.1 Å². The largest absolute Gasteiger partial charge is 0.503 e. The summed E-state index contributed by atoms with van der Waals surface area (Å²) in [5.41, 5.74) is -0.321. The standard InChI is InChI=1S/C23H36N2O7/c1-4-6-8-10-14-31-19(26)16-17(23(29)32-15-11-9-7-5-2)25-22(28)20-21(27)18(30-3)12-13-24-20/h12-13,17,27H,4-11,14-16H2,1-3H3,(H,25,28)/t17-/m0/s1. The number of rotatable bonds is 16. The van der Waals surface area contributed by atoms with Crippen LogP contribution in [0.25, 0.3) is 0 Å². The highest BCUT2D eigenvalue weighted by Gasteiger charge is 2.28. The minimum Gasteiger partial charge on any atom is -0.503 e. The molecule has 9 heteroatoms. The smallest absolute Gasteiger partial charge is 0.329 e. The molecule has 0 bridgehead atoms. The maximum Gasteiger partial charge on any atom is 0.329 e. The van der Waals surface area contributed by atoms with Gasteiger partial charge in [-0.05, 0) is 12.8 Å². The summed E-state index contributed by atoms with van der Waals surface area (Å²) in [5.74, 6) is -2.58. The minimum absolute atomic E-state index is 0.0617. The van der Waals surface area contributed by atoms with E-state index in [9.17, 15) is 19.5 Å². The lowest BCUT2D eigenvalue weighted by molar-refractivity contribution is -0.152. The summed E-state index contributed by atoms with van der Waals surface area (Å²) in [6, 6.07) is 0.133. The lowest BCUT2D eigenvalue weighted by Gasteiger charge is -2.17. The molecule has 0 fully saturated rings. The highest BCUT2D eigenvalue weighted by atomic mass is 16.5. The average Bonchev–Trinajstić information content (AvgIpc) is 2.78. The molecule has 1 rings (SSSR count). The summed E-state index contributed by atoms with van der Waals surface area (Å²) in [5, 5.41) is 12.6. The van der Waals surface area contributed by atoms with Gasteiger partial charge in [0.05, 0.1) is 26.7 Å². The summed E-state index contributed by atoms with van der Waals surface area (Å²) >= 11 is 0. The van der Waals surface area contributed by atoms with Gasteiger partial charge in [0, 0.05) is 12.3 Å². The number of methoxy groups -OCH3 is 1. The van der Waals surface area contributed by atoms with Crippen molar-refractivity contribution in [3.8, 4) is 11.5 Å². The summed E-state index contributed by atoms with van der Waals surface area (Å²) in [7, 11) is 1.34. The molecule has 0 unspecified atom stereocenters. The Morgan fingerprint density at radius 3 is 2.22 bits per heavy atom. The fourth-order valence-corrected chi connectivity index (χ4v) is 2.93. The van der Waals surface area contributed by atoms with Crippen LogP contribution in [0.15, 0.2) is 12.3 Å². The molecule has 0 saturated heterocycles. The molecule has 0 aliphatic heterocycles. The highest BCUT2D eigenvalue weighted by Crippen LogP contribution is 2.27. The van der Waals surface area contributed by atoms with Gasteiger partial charge in [-0.1, -0.05) is 52.4 Å². The number of aromatic nitrogens is 1. The number of ether oxygens (including phenoxy) is 3. The van der Waals surface area contributed by atoms with Crippen molar-refractivity contribution in [2.75, 3.05) is 20.3 Å². The first kappa shape index (κ1) is 27.2. The lowest BCUT2D eigenvalue weighted by Crippen LogP contribution is -2.44. The van der Waals surface area contributed by atoms with Gasteiger partial charge in [0.1, 0.15) is 6.04 Å². The number of nitrogens with one attached hydrogen (secondary N) is 1. The molecule has 1 aromatic rings. The third kappa shape index (κ3) is 9.98. The lowest BCUT2D eigenvalue weighted by atomic mass is 10.2. The molecule has 9 nitrogen and oxygen atoms in total. The quantitative estimate of drug-likeness (QED) is 0.288. The van der Waals surface area contributed by atoms with Crippen LogP contribution in [0, 0.1) is 0 Å². The Kier molecular flexibility index (Phi) is 13.5. The number of pyridine rings is 1. The molecule has 0 saturated carbocycles. The summed E-state index contributed by atoms with van der Waals surface area (Å²) < 4.78 is 15.4. The Morgan fingerprint density at radius 1 is 1.00 bits per heavy atom. The van der Waals surface area contributed by atoms with E-state index in [2.05, 4.69) is 24.1 Å². The van der Waals surface area contributed by atoms with Crippen LogP contribution in [0.5, 0.6) is 11.5 Å². The third-order valence-electron chi connectivity index (χ3n) is 4.79. The number of amides is 1. The zero-order valence-electron chi connectivity index (χ0n) is 19.4. The van der Waals surface area contributed by atoms with Gasteiger partial charge in [-0.15, -0.1) is 0 Å². The minimum atomic E-state index is -1.26. The van der Waals surface area contributed by atoms with E-state index < -0.39 is 29.6 Å². The van der Waals surface area contributed by atoms with Crippen LogP contribution >= 0.6 is 0 Å². The second-order valence-corrected chi connectivity index (χ2v) is 7.45. The van der Waals surface area contributed by atoms with Crippen molar-refractivity contribution in [2.24, 2.45) is 0 Å². The van der Waals surface area contributed by atoms with Gasteiger partial charge in [0.25, 0.3) is 5.91 Å². The van der Waals surface area contributed by atoms with Gasteiger partial charge in [0.2, 0.25) is 0 Å². The van der Waals surface area contributed by atoms with Crippen molar-refractivity contribution < 1.29 is 33.7 Å². The molecular weight excluding hydrogens is 416 g/mol. The fourth-order valence-electron chi connectivity index (χ4n) is 2.93. The predicted molar refractivity (Wildman–Crippen MR) is 119 cm³/mol. The number of nitrogens with zero attached hydrogens (tertiary/aromatic N) is 1. The van der Waals surface area contributed by atoms with Crippen LogP contribution in [0.1, 0.15) is 82.1 Å². The second-order valence-electron chi connectivity index (χ2n) is 7.45. The van der Waals surface area contributed by atoms with Gasteiger partial charge >= 0.3 is 11.9 Å².